The summed E-state index contributed by atoms with van der Waals surface area (Å²) in [7, 11) is 3.56. The number of nitrogens with zero attached hydrogens (tertiary/aromatic N) is 2. The molecule has 0 amide bonds. The second kappa shape index (κ2) is 9.90. The number of guanidine groups is 1. The lowest BCUT2D eigenvalue weighted by Gasteiger charge is -2.23. The Labute approximate surface area is 143 Å². The number of hydrogen-bond donors (Lipinski definition) is 1. The molecular weight excluding hydrogens is 310 g/mol. The Kier molecular flexibility index (Phi) is 7.85. The van der Waals surface area contributed by atoms with Gasteiger partial charge in [-0.15, -0.1) is 0 Å². The van der Waals surface area contributed by atoms with E-state index in [1.54, 1.807) is 18.4 Å². The van der Waals surface area contributed by atoms with E-state index >= 15 is 0 Å². The molecule has 130 valence electrons. The quantitative estimate of drug-likeness (QED) is 0.449. The van der Waals surface area contributed by atoms with E-state index in [0.717, 1.165) is 38.6 Å². The van der Waals surface area contributed by atoms with Crippen LogP contribution in [-0.4, -0.2) is 64.5 Å². The lowest BCUT2D eigenvalue weighted by atomic mass is 10.1. The first-order chi connectivity index (χ1) is 11.2. The first kappa shape index (κ1) is 18.2. The van der Waals surface area contributed by atoms with Crippen molar-refractivity contribution in [2.75, 3.05) is 53.6 Å². The molecule has 0 bridgehead atoms. The molecule has 6 heteroatoms. The van der Waals surface area contributed by atoms with Gasteiger partial charge in [0.2, 0.25) is 0 Å². The third kappa shape index (κ3) is 5.79. The molecule has 1 aliphatic heterocycles. The Morgan fingerprint density at radius 3 is 3.09 bits per heavy atom. The second-order valence-electron chi connectivity index (χ2n) is 6.05. The van der Waals surface area contributed by atoms with Gasteiger partial charge in [0, 0.05) is 39.7 Å². The summed E-state index contributed by atoms with van der Waals surface area (Å²) in [4.78, 5) is 6.78. The topological polar surface area (TPSA) is 46.1 Å². The summed E-state index contributed by atoms with van der Waals surface area (Å²) in [6.07, 6.45) is 1.16. The van der Waals surface area contributed by atoms with E-state index in [4.69, 9.17) is 9.47 Å². The smallest absolute Gasteiger partial charge is 0.193 e. The zero-order chi connectivity index (χ0) is 16.5. The Morgan fingerprint density at radius 2 is 2.39 bits per heavy atom. The standard InChI is InChI=1S/C17H29N3O2S/c1-14(16-5-9-23-13-16)10-19-17(18-2)20-6-4-15(11-20)12-22-8-7-21-3/h5,9,13-15H,4,6-8,10-12H2,1-3H3,(H,18,19). The molecule has 2 atom stereocenters. The first-order valence-electron chi connectivity index (χ1n) is 8.29. The average Bonchev–Trinajstić information content (AvgIpc) is 3.24. The van der Waals surface area contributed by atoms with Gasteiger partial charge in [-0.05, 0) is 34.7 Å². The molecule has 0 saturated carbocycles. The maximum absolute atomic E-state index is 5.66. The number of ether oxygens (including phenoxy) is 2. The van der Waals surface area contributed by atoms with Gasteiger partial charge in [-0.3, -0.25) is 4.99 Å². The van der Waals surface area contributed by atoms with Crippen molar-refractivity contribution in [3.8, 4) is 0 Å². The minimum Gasteiger partial charge on any atom is -0.382 e. The number of methoxy groups -OCH3 is 1. The number of thiophene rings is 1. The van der Waals surface area contributed by atoms with E-state index in [1.165, 1.54) is 5.56 Å². The fraction of sp³-hybridized carbons (Fsp3) is 0.706. The molecule has 0 spiro atoms. The van der Waals surface area contributed by atoms with Gasteiger partial charge in [0.15, 0.2) is 5.96 Å². The SMILES string of the molecule is CN=C(NCC(C)c1ccsc1)N1CCC(COCCOC)C1. The Balaban J connectivity index is 1.72. The number of rotatable bonds is 8. The zero-order valence-electron chi connectivity index (χ0n) is 14.5. The maximum atomic E-state index is 5.66. The van der Waals surface area contributed by atoms with Crippen LogP contribution in [0.25, 0.3) is 0 Å². The highest BCUT2D eigenvalue weighted by molar-refractivity contribution is 7.07. The van der Waals surface area contributed by atoms with Gasteiger partial charge < -0.3 is 19.7 Å². The van der Waals surface area contributed by atoms with E-state index in [2.05, 4.69) is 39.0 Å². The van der Waals surface area contributed by atoms with Crippen LogP contribution < -0.4 is 5.32 Å². The molecule has 23 heavy (non-hydrogen) atoms. The highest BCUT2D eigenvalue weighted by Crippen LogP contribution is 2.19. The van der Waals surface area contributed by atoms with Crippen LogP contribution in [0.1, 0.15) is 24.8 Å². The van der Waals surface area contributed by atoms with Crippen LogP contribution in [0.3, 0.4) is 0 Å². The van der Waals surface area contributed by atoms with Crippen molar-refractivity contribution in [1.29, 1.82) is 0 Å². The van der Waals surface area contributed by atoms with Crippen molar-refractivity contribution in [2.45, 2.75) is 19.3 Å². The van der Waals surface area contributed by atoms with Crippen LogP contribution in [0.2, 0.25) is 0 Å². The molecule has 1 N–H and O–H groups in total. The average molecular weight is 340 g/mol. The summed E-state index contributed by atoms with van der Waals surface area (Å²) in [6.45, 7) is 7.37. The molecule has 0 radical (unpaired) electrons. The minimum absolute atomic E-state index is 0.494. The number of aliphatic imine (C=N–C) groups is 1. The van der Waals surface area contributed by atoms with E-state index in [1.807, 2.05) is 7.05 Å². The van der Waals surface area contributed by atoms with Crippen molar-refractivity contribution in [3.05, 3.63) is 22.4 Å². The van der Waals surface area contributed by atoms with Crippen molar-refractivity contribution < 1.29 is 9.47 Å². The van der Waals surface area contributed by atoms with Gasteiger partial charge in [-0.25, -0.2) is 0 Å². The van der Waals surface area contributed by atoms with Gasteiger partial charge >= 0.3 is 0 Å². The highest BCUT2D eigenvalue weighted by Gasteiger charge is 2.25. The Bertz CT molecular complexity index is 464. The van der Waals surface area contributed by atoms with E-state index in [0.29, 0.717) is 25.0 Å². The number of likely N-dealkylation sites (tertiary alicyclic amines) is 1. The molecule has 0 aromatic carbocycles. The minimum atomic E-state index is 0.494. The highest BCUT2D eigenvalue weighted by atomic mass is 32.1. The van der Waals surface area contributed by atoms with E-state index < -0.39 is 0 Å². The predicted molar refractivity (Wildman–Crippen MR) is 96.5 cm³/mol. The van der Waals surface area contributed by atoms with Crippen LogP contribution in [0, 0.1) is 5.92 Å². The Hall–Kier alpha value is -1.11. The molecule has 1 aromatic rings. The van der Waals surface area contributed by atoms with Crippen LogP contribution in [0.5, 0.6) is 0 Å². The predicted octanol–water partition coefficient (Wildman–Crippen LogP) is 2.41. The van der Waals surface area contributed by atoms with Crippen LogP contribution in [0.15, 0.2) is 21.8 Å². The van der Waals surface area contributed by atoms with Crippen LogP contribution >= 0.6 is 11.3 Å². The van der Waals surface area contributed by atoms with Crippen LogP contribution in [-0.2, 0) is 9.47 Å². The van der Waals surface area contributed by atoms with Gasteiger partial charge in [0.05, 0.1) is 19.8 Å². The van der Waals surface area contributed by atoms with Crippen molar-refractivity contribution in [3.63, 3.8) is 0 Å². The molecule has 1 aliphatic rings. The zero-order valence-corrected chi connectivity index (χ0v) is 15.3. The molecule has 1 saturated heterocycles. The molecule has 2 rings (SSSR count). The lowest BCUT2D eigenvalue weighted by Crippen LogP contribution is -2.41. The summed E-state index contributed by atoms with van der Waals surface area (Å²) in [5.41, 5.74) is 1.39. The summed E-state index contributed by atoms with van der Waals surface area (Å²) in [6, 6.07) is 2.20. The molecule has 5 nitrogen and oxygen atoms in total. The number of hydrogen-bond acceptors (Lipinski definition) is 4. The lowest BCUT2D eigenvalue weighted by molar-refractivity contribution is 0.0536. The molecule has 2 heterocycles. The van der Waals surface area contributed by atoms with Gasteiger partial charge in [-0.1, -0.05) is 6.92 Å². The second-order valence-corrected chi connectivity index (χ2v) is 6.83. The first-order valence-corrected chi connectivity index (χ1v) is 9.23. The number of nitrogens with one attached hydrogen (secondary N) is 1. The summed E-state index contributed by atoms with van der Waals surface area (Å²) in [5, 5.41) is 7.87. The molecule has 1 fully saturated rings. The van der Waals surface area contributed by atoms with Gasteiger partial charge in [0.1, 0.15) is 0 Å². The summed E-state index contributed by atoms with van der Waals surface area (Å²) >= 11 is 1.75. The largest absolute Gasteiger partial charge is 0.382 e. The van der Waals surface area contributed by atoms with E-state index in [9.17, 15) is 0 Å². The fourth-order valence-corrected chi connectivity index (χ4v) is 3.59. The van der Waals surface area contributed by atoms with Crippen molar-refractivity contribution in [1.82, 2.24) is 10.2 Å². The fourth-order valence-electron chi connectivity index (χ4n) is 2.80. The molecular formula is C17H29N3O2S. The third-order valence-corrected chi connectivity index (χ3v) is 4.96. The van der Waals surface area contributed by atoms with Crippen LogP contribution in [0.4, 0.5) is 0 Å². The van der Waals surface area contributed by atoms with Gasteiger partial charge in [0.25, 0.3) is 0 Å². The van der Waals surface area contributed by atoms with Crippen molar-refractivity contribution >= 4 is 17.3 Å². The normalized spacial score (nSPS) is 20.0. The monoisotopic (exact) mass is 339 g/mol. The van der Waals surface area contributed by atoms with Crippen molar-refractivity contribution in [2.24, 2.45) is 10.9 Å². The Morgan fingerprint density at radius 1 is 1.52 bits per heavy atom. The van der Waals surface area contributed by atoms with Gasteiger partial charge in [-0.2, -0.15) is 11.3 Å². The summed E-state index contributed by atoms with van der Waals surface area (Å²) < 4.78 is 10.7. The maximum Gasteiger partial charge on any atom is 0.193 e. The molecule has 1 aromatic heterocycles. The van der Waals surface area contributed by atoms with E-state index in [-0.39, 0.29) is 0 Å². The summed E-state index contributed by atoms with van der Waals surface area (Å²) in [5.74, 6) is 2.08. The molecule has 0 aliphatic carbocycles. The molecule has 2 unspecified atom stereocenters. The third-order valence-electron chi connectivity index (χ3n) is 4.26.